The number of nitrogens with zero attached hydrogens (tertiary/aromatic N) is 1. The SMILES string of the molecule is Cc1cc(I)c([N+](=O)[O-])c(C(N)=O)c1. The van der Waals surface area contributed by atoms with Crippen molar-refractivity contribution in [3.05, 3.63) is 36.9 Å². The molecule has 0 fully saturated rings. The fraction of sp³-hybridized carbons (Fsp3) is 0.125. The van der Waals surface area contributed by atoms with Gasteiger partial charge in [-0.05, 0) is 47.2 Å². The predicted molar refractivity (Wildman–Crippen MR) is 59.1 cm³/mol. The Hall–Kier alpha value is -1.18. The van der Waals surface area contributed by atoms with Gasteiger partial charge in [0, 0.05) is 0 Å². The van der Waals surface area contributed by atoms with E-state index in [1.54, 1.807) is 13.0 Å². The molecule has 0 aliphatic rings. The van der Waals surface area contributed by atoms with Crippen LogP contribution in [-0.4, -0.2) is 10.8 Å². The van der Waals surface area contributed by atoms with Gasteiger partial charge in [-0.25, -0.2) is 0 Å². The summed E-state index contributed by atoms with van der Waals surface area (Å²) in [6, 6.07) is 3.05. The largest absolute Gasteiger partial charge is 0.365 e. The Morgan fingerprint density at radius 2 is 2.14 bits per heavy atom. The van der Waals surface area contributed by atoms with Gasteiger partial charge in [0.15, 0.2) is 0 Å². The van der Waals surface area contributed by atoms with Crippen LogP contribution in [-0.2, 0) is 0 Å². The topological polar surface area (TPSA) is 86.2 Å². The molecule has 6 heteroatoms. The number of nitro benzene ring substituents is 1. The molecule has 14 heavy (non-hydrogen) atoms. The number of nitrogens with two attached hydrogens (primary N) is 1. The second kappa shape index (κ2) is 3.91. The molecule has 1 aromatic carbocycles. The number of benzene rings is 1. The lowest BCUT2D eigenvalue weighted by molar-refractivity contribution is -0.386. The minimum atomic E-state index is -0.779. The molecule has 0 saturated heterocycles. The first-order chi connectivity index (χ1) is 6.43. The van der Waals surface area contributed by atoms with Crippen LogP contribution in [0.1, 0.15) is 15.9 Å². The zero-order valence-corrected chi connectivity index (χ0v) is 9.44. The number of primary amides is 1. The van der Waals surface area contributed by atoms with Crippen LogP contribution in [0.15, 0.2) is 12.1 Å². The van der Waals surface area contributed by atoms with Crippen LogP contribution in [0.2, 0.25) is 0 Å². The number of nitro groups is 1. The number of hydrogen-bond donors (Lipinski definition) is 1. The lowest BCUT2D eigenvalue weighted by Crippen LogP contribution is -2.14. The van der Waals surface area contributed by atoms with Gasteiger partial charge >= 0.3 is 0 Å². The number of halogens is 1. The number of amides is 1. The van der Waals surface area contributed by atoms with Crippen LogP contribution in [0.3, 0.4) is 0 Å². The van der Waals surface area contributed by atoms with E-state index in [2.05, 4.69) is 0 Å². The van der Waals surface area contributed by atoms with Crippen LogP contribution in [0.5, 0.6) is 0 Å². The van der Waals surface area contributed by atoms with Crippen LogP contribution < -0.4 is 5.73 Å². The van der Waals surface area contributed by atoms with Crippen LogP contribution in [0, 0.1) is 20.6 Å². The molecule has 0 aromatic heterocycles. The highest BCUT2D eigenvalue weighted by Gasteiger charge is 2.22. The normalized spacial score (nSPS) is 9.86. The first-order valence-corrected chi connectivity index (χ1v) is 4.75. The van der Waals surface area contributed by atoms with E-state index in [4.69, 9.17) is 5.73 Å². The smallest absolute Gasteiger partial charge is 0.295 e. The van der Waals surface area contributed by atoms with Crippen LogP contribution in [0.4, 0.5) is 5.69 Å². The molecule has 0 aliphatic carbocycles. The molecule has 0 radical (unpaired) electrons. The molecule has 2 N–H and O–H groups in total. The standard InChI is InChI=1S/C8H7IN2O3/c1-4-2-5(8(10)12)7(11(13)14)6(9)3-4/h2-3H,1H3,(H2,10,12). The van der Waals surface area contributed by atoms with Gasteiger partial charge in [-0.15, -0.1) is 0 Å². The highest BCUT2D eigenvalue weighted by Crippen LogP contribution is 2.26. The quantitative estimate of drug-likeness (QED) is 0.511. The van der Waals surface area contributed by atoms with E-state index in [1.807, 2.05) is 22.6 Å². The van der Waals surface area contributed by atoms with E-state index in [0.29, 0.717) is 3.57 Å². The molecule has 0 bridgehead atoms. The fourth-order valence-corrected chi connectivity index (χ4v) is 2.09. The average molecular weight is 306 g/mol. The van der Waals surface area contributed by atoms with E-state index in [-0.39, 0.29) is 11.3 Å². The van der Waals surface area contributed by atoms with Crippen LogP contribution in [0.25, 0.3) is 0 Å². The van der Waals surface area contributed by atoms with Gasteiger partial charge < -0.3 is 5.73 Å². The number of aryl methyl sites for hydroxylation is 1. The summed E-state index contributed by atoms with van der Waals surface area (Å²) in [7, 11) is 0. The zero-order valence-electron chi connectivity index (χ0n) is 7.28. The second-order valence-corrected chi connectivity index (χ2v) is 3.93. The lowest BCUT2D eigenvalue weighted by Gasteiger charge is -2.02. The molecular formula is C8H7IN2O3. The van der Waals surface area contributed by atoms with Gasteiger partial charge in [0.1, 0.15) is 5.56 Å². The molecule has 1 aromatic rings. The molecule has 74 valence electrons. The molecule has 0 saturated carbocycles. The van der Waals surface area contributed by atoms with Gasteiger partial charge in [0.05, 0.1) is 8.49 Å². The molecule has 0 unspecified atom stereocenters. The first kappa shape index (κ1) is 10.9. The molecule has 0 atom stereocenters. The number of hydrogen-bond acceptors (Lipinski definition) is 3. The summed E-state index contributed by atoms with van der Waals surface area (Å²) in [5.41, 5.74) is 5.55. The maximum absolute atomic E-state index is 10.9. The maximum Gasteiger partial charge on any atom is 0.295 e. The van der Waals surface area contributed by atoms with Crippen molar-refractivity contribution >= 4 is 34.2 Å². The molecule has 1 rings (SSSR count). The fourth-order valence-electron chi connectivity index (χ4n) is 1.11. The van der Waals surface area contributed by atoms with Gasteiger partial charge in [-0.1, -0.05) is 0 Å². The Balaban J connectivity index is 3.52. The minimum absolute atomic E-state index is 0.0422. The van der Waals surface area contributed by atoms with Gasteiger partial charge in [0.2, 0.25) is 0 Å². The van der Waals surface area contributed by atoms with E-state index >= 15 is 0 Å². The van der Waals surface area contributed by atoms with Crippen molar-refractivity contribution in [2.45, 2.75) is 6.92 Å². The zero-order chi connectivity index (χ0) is 10.9. The lowest BCUT2D eigenvalue weighted by atomic mass is 10.1. The number of carbonyl (C=O) groups is 1. The maximum atomic E-state index is 10.9. The highest BCUT2D eigenvalue weighted by molar-refractivity contribution is 14.1. The number of carbonyl (C=O) groups excluding carboxylic acids is 1. The molecular weight excluding hydrogens is 299 g/mol. The first-order valence-electron chi connectivity index (χ1n) is 3.68. The Bertz CT molecular complexity index is 417. The van der Waals surface area contributed by atoms with Crippen molar-refractivity contribution in [1.29, 1.82) is 0 Å². The van der Waals surface area contributed by atoms with Crippen molar-refractivity contribution in [2.24, 2.45) is 5.73 Å². The minimum Gasteiger partial charge on any atom is -0.365 e. The van der Waals surface area contributed by atoms with Gasteiger partial charge in [-0.3, -0.25) is 14.9 Å². The third-order valence-electron chi connectivity index (χ3n) is 1.66. The molecule has 0 heterocycles. The van der Waals surface area contributed by atoms with Gasteiger partial charge in [-0.2, -0.15) is 0 Å². The van der Waals surface area contributed by atoms with Crippen molar-refractivity contribution in [1.82, 2.24) is 0 Å². The Morgan fingerprint density at radius 1 is 1.57 bits per heavy atom. The highest BCUT2D eigenvalue weighted by atomic mass is 127. The molecule has 0 aliphatic heterocycles. The predicted octanol–water partition coefficient (Wildman–Crippen LogP) is 1.61. The molecule has 0 spiro atoms. The van der Waals surface area contributed by atoms with Crippen molar-refractivity contribution in [3.63, 3.8) is 0 Å². The van der Waals surface area contributed by atoms with E-state index in [0.717, 1.165) is 5.56 Å². The monoisotopic (exact) mass is 306 g/mol. The van der Waals surface area contributed by atoms with Crippen molar-refractivity contribution in [2.75, 3.05) is 0 Å². The van der Waals surface area contributed by atoms with E-state index in [9.17, 15) is 14.9 Å². The summed E-state index contributed by atoms with van der Waals surface area (Å²) < 4.78 is 0.418. The second-order valence-electron chi connectivity index (χ2n) is 2.76. The summed E-state index contributed by atoms with van der Waals surface area (Å²) in [5, 5.41) is 10.7. The summed E-state index contributed by atoms with van der Waals surface area (Å²) in [6.07, 6.45) is 0. The summed E-state index contributed by atoms with van der Waals surface area (Å²) in [5.74, 6) is -0.779. The summed E-state index contributed by atoms with van der Waals surface area (Å²) in [4.78, 5) is 21.0. The summed E-state index contributed by atoms with van der Waals surface area (Å²) in [6.45, 7) is 1.75. The third kappa shape index (κ3) is 2.00. The van der Waals surface area contributed by atoms with Crippen molar-refractivity contribution in [3.8, 4) is 0 Å². The Labute approximate surface area is 93.6 Å². The number of rotatable bonds is 2. The van der Waals surface area contributed by atoms with Crippen LogP contribution >= 0.6 is 22.6 Å². The van der Waals surface area contributed by atoms with Crippen molar-refractivity contribution < 1.29 is 9.72 Å². The Morgan fingerprint density at radius 3 is 2.57 bits per heavy atom. The molecule has 5 nitrogen and oxygen atoms in total. The summed E-state index contributed by atoms with van der Waals surface area (Å²) >= 11 is 1.81. The van der Waals surface area contributed by atoms with E-state index < -0.39 is 10.8 Å². The van der Waals surface area contributed by atoms with Gasteiger partial charge in [0.25, 0.3) is 11.6 Å². The van der Waals surface area contributed by atoms with E-state index in [1.165, 1.54) is 6.07 Å². The molecule has 1 amide bonds. The average Bonchev–Trinajstić information content (AvgIpc) is 2.01. The third-order valence-corrected chi connectivity index (χ3v) is 2.48. The Kier molecular flexibility index (Phi) is 3.04.